The molecule has 100 valence electrons. The van der Waals surface area contributed by atoms with Crippen molar-refractivity contribution in [1.82, 2.24) is 0 Å². The van der Waals surface area contributed by atoms with Gasteiger partial charge in [-0.15, -0.1) is 0 Å². The molecule has 0 aromatic carbocycles. The van der Waals surface area contributed by atoms with E-state index in [1.54, 1.807) is 0 Å². The minimum Gasteiger partial charge on any atom is -0.822 e. The maximum atomic E-state index is 8.55. The minimum absolute atomic E-state index is 0. The summed E-state index contributed by atoms with van der Waals surface area (Å²) in [5.74, 6) is 0. The molecular weight excluding hydrogens is 612 g/mol. The van der Waals surface area contributed by atoms with Crippen LogP contribution in [0.5, 0.6) is 0 Å². The monoisotopic (exact) mass is 612 g/mol. The normalized spacial score (nSPS) is 10.4. The standard InChI is InChI=1S/3H3O4P.U.Y/c3*1-5(2,3)4;;/h3*(H3,1,2,3,4);;/q;;;;+3/p-9. The quantitative estimate of drug-likeness (QED) is 0.231. The minimum atomic E-state index is -5.39. The smallest absolute Gasteiger partial charge is 0.822 e. The predicted octanol–water partition coefficient (Wildman–Crippen LogP) is -8.48. The van der Waals surface area contributed by atoms with E-state index in [-0.39, 0.29) is 63.8 Å². The zero-order chi connectivity index (χ0) is 13.5. The van der Waals surface area contributed by atoms with Gasteiger partial charge in [0.25, 0.3) is 0 Å². The van der Waals surface area contributed by atoms with Crippen LogP contribution in [0.25, 0.3) is 0 Å². The summed E-state index contributed by atoms with van der Waals surface area (Å²) in [5.41, 5.74) is 0. The Morgan fingerprint density at radius 1 is 0.471 bits per heavy atom. The van der Waals surface area contributed by atoms with Gasteiger partial charge in [-0.25, -0.2) is 0 Å². The Morgan fingerprint density at radius 2 is 0.471 bits per heavy atom. The maximum Gasteiger partial charge on any atom is 3.00 e. The van der Waals surface area contributed by atoms with Crippen molar-refractivity contribution in [2.24, 2.45) is 0 Å². The van der Waals surface area contributed by atoms with Crippen molar-refractivity contribution in [1.29, 1.82) is 0 Å². The Balaban J connectivity index is -0.0000000400. The van der Waals surface area contributed by atoms with E-state index in [1.807, 2.05) is 0 Å². The largest absolute Gasteiger partial charge is 3.00 e. The van der Waals surface area contributed by atoms with Gasteiger partial charge in [0.15, 0.2) is 0 Å². The van der Waals surface area contributed by atoms with Crippen LogP contribution in [-0.2, 0) is 46.4 Å². The van der Waals surface area contributed by atoms with Crippen molar-refractivity contribution >= 4 is 23.5 Å². The molecule has 0 aromatic heterocycles. The van der Waals surface area contributed by atoms with Crippen LogP contribution in [0.3, 0.4) is 0 Å². The van der Waals surface area contributed by atoms with Gasteiger partial charge in [-0.2, -0.15) is 23.5 Å². The SMILES string of the molecule is O=P([O-])([O-])[O-].O=P([O-])([O-])[O-].O=P([O-])([O-])[O-].[U].[Y+3]. The molecule has 0 atom stereocenters. The number of phosphoric acid groups is 3. The van der Waals surface area contributed by atoms with Crippen LogP contribution in [0, 0.1) is 31.1 Å². The molecule has 0 aliphatic rings. The fourth-order valence-corrected chi connectivity index (χ4v) is 0. The first-order chi connectivity index (χ1) is 6.00. The number of hydrogen-bond acceptors (Lipinski definition) is 12. The van der Waals surface area contributed by atoms with Crippen molar-refractivity contribution in [2.45, 2.75) is 0 Å². The summed E-state index contributed by atoms with van der Waals surface area (Å²) in [5, 5.41) is 0. The first-order valence-electron chi connectivity index (χ1n) is 2.19. The van der Waals surface area contributed by atoms with Crippen LogP contribution in [0.4, 0.5) is 0 Å². The molecule has 0 radical (unpaired) electrons. The molecule has 0 aromatic rings. The second-order valence-corrected chi connectivity index (χ2v) is 4.02. The third kappa shape index (κ3) is 813. The fraction of sp³-hybridized carbons (Fsp3) is 0. The molecule has 0 aliphatic heterocycles. The third-order valence-corrected chi connectivity index (χ3v) is 0. The zero-order valence-electron chi connectivity index (χ0n) is 7.32. The topological polar surface area (TPSA) is 259 Å². The van der Waals surface area contributed by atoms with Crippen LogP contribution in [0.1, 0.15) is 0 Å². The van der Waals surface area contributed by atoms with Crippen LogP contribution in [-0.4, -0.2) is 0 Å². The summed E-state index contributed by atoms with van der Waals surface area (Å²) in [6.45, 7) is 0. The van der Waals surface area contributed by atoms with Gasteiger partial charge in [-0.3, -0.25) is 0 Å². The summed E-state index contributed by atoms with van der Waals surface area (Å²) in [7, 11) is -16.2. The van der Waals surface area contributed by atoms with E-state index >= 15 is 0 Å². The molecule has 0 saturated heterocycles. The Morgan fingerprint density at radius 3 is 0.471 bits per heavy atom. The van der Waals surface area contributed by atoms with Crippen molar-refractivity contribution in [3.05, 3.63) is 0 Å². The average Bonchev–Trinajstić information content (AvgIpc) is 1.41. The Labute approximate surface area is 143 Å². The molecular formula is O12P3UY-6. The van der Waals surface area contributed by atoms with E-state index < -0.39 is 23.5 Å². The molecule has 0 unspecified atom stereocenters. The van der Waals surface area contributed by atoms with Crippen LogP contribution >= 0.6 is 23.5 Å². The van der Waals surface area contributed by atoms with Crippen molar-refractivity contribution in [2.75, 3.05) is 0 Å². The summed E-state index contributed by atoms with van der Waals surface area (Å²) in [6, 6.07) is 0. The molecule has 0 heterocycles. The van der Waals surface area contributed by atoms with E-state index in [4.69, 9.17) is 57.7 Å². The van der Waals surface area contributed by atoms with E-state index in [2.05, 4.69) is 0 Å². The first-order valence-corrected chi connectivity index (χ1v) is 6.57. The number of rotatable bonds is 0. The molecule has 0 fully saturated rings. The molecule has 0 bridgehead atoms. The molecule has 17 heteroatoms. The van der Waals surface area contributed by atoms with Gasteiger partial charge in [-0.05, 0) is 0 Å². The van der Waals surface area contributed by atoms with Gasteiger partial charge in [0.05, 0.1) is 0 Å². The predicted molar refractivity (Wildman–Crippen MR) is 22.8 cm³/mol. The van der Waals surface area contributed by atoms with Gasteiger partial charge >= 0.3 is 32.7 Å². The van der Waals surface area contributed by atoms with Gasteiger partial charge in [0.1, 0.15) is 0 Å². The molecule has 0 amide bonds. The van der Waals surface area contributed by atoms with Crippen molar-refractivity contribution in [3.63, 3.8) is 0 Å². The van der Waals surface area contributed by atoms with Crippen LogP contribution < -0.4 is 44.0 Å². The molecule has 0 aliphatic carbocycles. The second-order valence-electron chi connectivity index (χ2n) is 1.34. The summed E-state index contributed by atoms with van der Waals surface area (Å²) >= 11 is 0. The Bertz CT molecular complexity index is 208. The average molecular weight is 612 g/mol. The maximum absolute atomic E-state index is 8.55. The van der Waals surface area contributed by atoms with E-state index in [0.717, 1.165) is 0 Å². The van der Waals surface area contributed by atoms with Crippen LogP contribution in [0.2, 0.25) is 0 Å². The van der Waals surface area contributed by atoms with Gasteiger partial charge < -0.3 is 57.7 Å². The summed E-state index contributed by atoms with van der Waals surface area (Å²) in [4.78, 5) is 76.9. The Kier molecular flexibility index (Phi) is 25.1. The number of hydrogen-bond donors (Lipinski definition) is 0. The van der Waals surface area contributed by atoms with E-state index in [0.29, 0.717) is 0 Å². The summed E-state index contributed by atoms with van der Waals surface area (Å²) < 4.78 is 25.6. The molecule has 12 nitrogen and oxygen atoms in total. The molecule has 0 spiro atoms. The van der Waals surface area contributed by atoms with E-state index in [1.165, 1.54) is 0 Å². The summed E-state index contributed by atoms with van der Waals surface area (Å²) in [6.07, 6.45) is 0. The Hall–Kier alpha value is 2.49. The first kappa shape index (κ1) is 31.7. The second kappa shape index (κ2) is 13.5. The van der Waals surface area contributed by atoms with Gasteiger partial charge in [0, 0.05) is 31.1 Å². The van der Waals surface area contributed by atoms with Crippen molar-refractivity contribution < 1.29 is 122 Å². The molecule has 0 saturated carbocycles. The zero-order valence-corrected chi connectivity index (χ0v) is 17.0. The molecule has 0 rings (SSSR count). The van der Waals surface area contributed by atoms with Crippen molar-refractivity contribution in [3.8, 4) is 0 Å². The fourth-order valence-electron chi connectivity index (χ4n) is 0. The van der Waals surface area contributed by atoms with Gasteiger partial charge in [-0.1, -0.05) is 0 Å². The van der Waals surface area contributed by atoms with Crippen LogP contribution in [0.15, 0.2) is 0 Å². The molecule has 0 N–H and O–H groups in total. The third-order valence-electron chi connectivity index (χ3n) is 0. The van der Waals surface area contributed by atoms with Gasteiger partial charge in [0.2, 0.25) is 0 Å². The van der Waals surface area contributed by atoms with E-state index in [9.17, 15) is 0 Å². The molecule has 17 heavy (non-hydrogen) atoms.